The molecule has 0 aromatic heterocycles. The third-order valence-electron chi connectivity index (χ3n) is 4.11. The molecule has 1 aliphatic heterocycles. The summed E-state index contributed by atoms with van der Waals surface area (Å²) in [5, 5.41) is 0. The highest BCUT2D eigenvalue weighted by Gasteiger charge is 2.19. The van der Waals surface area contributed by atoms with E-state index in [1.165, 1.54) is 16.7 Å². The van der Waals surface area contributed by atoms with Gasteiger partial charge in [-0.15, -0.1) is 0 Å². The molecule has 0 atom stereocenters. The first-order valence-electron chi connectivity index (χ1n) is 7.76. The van der Waals surface area contributed by atoms with E-state index in [1.807, 2.05) is 6.08 Å². The summed E-state index contributed by atoms with van der Waals surface area (Å²) in [5.41, 5.74) is 4.99. The number of hydrogen-bond donors (Lipinski definition) is 0. The average Bonchev–Trinajstić information content (AvgIpc) is 2.42. The van der Waals surface area contributed by atoms with Crippen LogP contribution in [-0.2, 0) is 21.4 Å². The van der Waals surface area contributed by atoms with Gasteiger partial charge in [0.05, 0.1) is 6.61 Å². The van der Waals surface area contributed by atoms with Gasteiger partial charge < -0.3 is 4.74 Å². The van der Waals surface area contributed by atoms with Gasteiger partial charge in [-0.1, -0.05) is 32.9 Å². The summed E-state index contributed by atoms with van der Waals surface area (Å²) >= 11 is 0. The molecule has 1 aromatic rings. The molecule has 0 unspecified atom stereocenters. The van der Waals surface area contributed by atoms with Crippen molar-refractivity contribution in [2.45, 2.75) is 59.3 Å². The van der Waals surface area contributed by atoms with Crippen molar-refractivity contribution < 1.29 is 9.53 Å². The van der Waals surface area contributed by atoms with Crippen molar-refractivity contribution >= 4 is 5.78 Å². The molecule has 0 bridgehead atoms. The molecule has 2 rings (SSSR count). The van der Waals surface area contributed by atoms with E-state index in [4.69, 9.17) is 4.74 Å². The van der Waals surface area contributed by atoms with Gasteiger partial charge >= 0.3 is 0 Å². The third-order valence-corrected chi connectivity index (χ3v) is 4.11. The molecule has 0 saturated carbocycles. The summed E-state index contributed by atoms with van der Waals surface area (Å²) in [6, 6.07) is 4.43. The van der Waals surface area contributed by atoms with Gasteiger partial charge in [0.25, 0.3) is 0 Å². The first-order valence-corrected chi connectivity index (χ1v) is 7.76. The quantitative estimate of drug-likeness (QED) is 0.823. The highest BCUT2D eigenvalue weighted by Crippen LogP contribution is 2.27. The van der Waals surface area contributed by atoms with Crippen molar-refractivity contribution in [1.82, 2.24) is 0 Å². The van der Waals surface area contributed by atoms with E-state index in [2.05, 4.69) is 46.8 Å². The molecule has 1 aromatic carbocycles. The van der Waals surface area contributed by atoms with Crippen molar-refractivity contribution in [3.8, 4) is 0 Å². The number of allylic oxidation sites excluding steroid dienone is 2. The summed E-state index contributed by atoms with van der Waals surface area (Å²) < 4.78 is 5.48. The molecule has 0 N–H and O–H groups in total. The first-order chi connectivity index (χ1) is 9.79. The molecular weight excluding hydrogens is 260 g/mol. The number of rotatable bonds is 3. The van der Waals surface area contributed by atoms with Gasteiger partial charge in [-0.2, -0.15) is 0 Å². The lowest BCUT2D eigenvalue weighted by molar-refractivity contribution is -0.118. The predicted octanol–water partition coefficient (Wildman–Crippen LogP) is 4.41. The lowest BCUT2D eigenvalue weighted by Crippen LogP contribution is -2.16. The number of ketones is 1. The summed E-state index contributed by atoms with van der Waals surface area (Å²) in [4.78, 5) is 12.4. The van der Waals surface area contributed by atoms with Gasteiger partial charge in [-0.3, -0.25) is 4.79 Å². The molecule has 0 aliphatic carbocycles. The monoisotopic (exact) mass is 286 g/mol. The van der Waals surface area contributed by atoms with Crippen LogP contribution in [0, 0.1) is 13.8 Å². The number of carbonyl (C=O) groups is 1. The largest absolute Gasteiger partial charge is 0.490 e. The van der Waals surface area contributed by atoms with Gasteiger partial charge in [0.2, 0.25) is 5.78 Å². The standard InChI is InChI=1S/C19H26O2/c1-13-10-15(19(3,4)5)11-14(2)16(13)12-17(20)18-8-6-7-9-21-18/h8,10-11H,6-7,9,12H2,1-5H3. The number of hydrogen-bond acceptors (Lipinski definition) is 2. The van der Waals surface area contributed by atoms with Gasteiger partial charge in [-0.25, -0.2) is 0 Å². The number of Topliss-reactive ketones (excluding diaryl/α,β-unsaturated/α-hetero) is 1. The van der Waals surface area contributed by atoms with Crippen LogP contribution in [-0.4, -0.2) is 12.4 Å². The summed E-state index contributed by atoms with van der Waals surface area (Å²) in [7, 11) is 0. The molecule has 1 aliphatic rings. The maximum atomic E-state index is 12.4. The minimum absolute atomic E-state index is 0.101. The molecule has 1 heterocycles. The highest BCUT2D eigenvalue weighted by molar-refractivity contribution is 5.95. The molecule has 114 valence electrons. The summed E-state index contributed by atoms with van der Waals surface area (Å²) in [6.07, 6.45) is 4.32. The second-order valence-corrected chi connectivity index (χ2v) is 7.00. The smallest absolute Gasteiger partial charge is 0.201 e. The Morgan fingerprint density at radius 3 is 2.29 bits per heavy atom. The van der Waals surface area contributed by atoms with Crippen LogP contribution >= 0.6 is 0 Å². The van der Waals surface area contributed by atoms with E-state index >= 15 is 0 Å². The number of aryl methyl sites for hydroxylation is 2. The van der Waals surface area contributed by atoms with Crippen LogP contribution in [0.3, 0.4) is 0 Å². The first kappa shape index (κ1) is 15.8. The fourth-order valence-corrected chi connectivity index (χ4v) is 2.70. The van der Waals surface area contributed by atoms with Crippen LogP contribution < -0.4 is 0 Å². The SMILES string of the molecule is Cc1cc(C(C)(C)C)cc(C)c1CC(=O)C1=CCCCO1. The molecule has 2 heteroatoms. The Kier molecular flexibility index (Phi) is 4.55. The average molecular weight is 286 g/mol. The Balaban J connectivity index is 2.25. The van der Waals surface area contributed by atoms with Gasteiger partial charge in [-0.05, 0) is 60.4 Å². The molecule has 0 saturated heterocycles. The Bertz CT molecular complexity index is 551. The molecule has 0 radical (unpaired) electrons. The number of benzene rings is 1. The predicted molar refractivity (Wildman–Crippen MR) is 86.6 cm³/mol. The molecular formula is C19H26O2. The zero-order valence-corrected chi connectivity index (χ0v) is 13.9. The van der Waals surface area contributed by atoms with E-state index in [0.717, 1.165) is 18.4 Å². The van der Waals surface area contributed by atoms with Gasteiger partial charge in [0.1, 0.15) is 0 Å². The van der Waals surface area contributed by atoms with Crippen molar-refractivity contribution in [2.24, 2.45) is 0 Å². The van der Waals surface area contributed by atoms with Crippen LogP contribution in [0.5, 0.6) is 0 Å². The van der Waals surface area contributed by atoms with Crippen LogP contribution in [0.2, 0.25) is 0 Å². The van der Waals surface area contributed by atoms with Crippen molar-refractivity contribution in [3.63, 3.8) is 0 Å². The van der Waals surface area contributed by atoms with Gasteiger partial charge in [0, 0.05) is 6.42 Å². The minimum atomic E-state index is 0.101. The zero-order chi connectivity index (χ0) is 15.6. The van der Waals surface area contributed by atoms with Crippen molar-refractivity contribution in [2.75, 3.05) is 6.61 Å². The Morgan fingerprint density at radius 2 is 1.81 bits per heavy atom. The summed E-state index contributed by atoms with van der Waals surface area (Å²) in [6.45, 7) is 11.5. The minimum Gasteiger partial charge on any atom is -0.490 e. The van der Waals surface area contributed by atoms with Gasteiger partial charge in [0.15, 0.2) is 5.76 Å². The van der Waals surface area contributed by atoms with E-state index in [1.54, 1.807) is 0 Å². The van der Waals surface area contributed by atoms with Crippen LogP contribution in [0.15, 0.2) is 24.0 Å². The zero-order valence-electron chi connectivity index (χ0n) is 13.9. The lowest BCUT2D eigenvalue weighted by atomic mass is 9.83. The molecule has 0 amide bonds. The molecule has 0 spiro atoms. The topological polar surface area (TPSA) is 26.3 Å². The maximum Gasteiger partial charge on any atom is 0.201 e. The van der Waals surface area contributed by atoms with E-state index in [0.29, 0.717) is 18.8 Å². The van der Waals surface area contributed by atoms with Crippen LogP contribution in [0.1, 0.15) is 55.9 Å². The molecule has 0 fully saturated rings. The Morgan fingerprint density at radius 1 is 1.19 bits per heavy atom. The Labute approximate surface area is 128 Å². The number of carbonyl (C=O) groups excluding carboxylic acids is 1. The van der Waals surface area contributed by atoms with Crippen LogP contribution in [0.25, 0.3) is 0 Å². The number of ether oxygens (including phenoxy) is 1. The maximum absolute atomic E-state index is 12.4. The van der Waals surface area contributed by atoms with E-state index in [9.17, 15) is 4.79 Å². The lowest BCUT2D eigenvalue weighted by Gasteiger charge is -2.22. The molecule has 2 nitrogen and oxygen atoms in total. The van der Waals surface area contributed by atoms with Crippen LogP contribution in [0.4, 0.5) is 0 Å². The van der Waals surface area contributed by atoms with Crippen molar-refractivity contribution in [1.29, 1.82) is 0 Å². The van der Waals surface area contributed by atoms with E-state index < -0.39 is 0 Å². The molecule has 21 heavy (non-hydrogen) atoms. The fourth-order valence-electron chi connectivity index (χ4n) is 2.70. The second-order valence-electron chi connectivity index (χ2n) is 7.00. The fraction of sp³-hybridized carbons (Fsp3) is 0.526. The summed E-state index contributed by atoms with van der Waals surface area (Å²) in [5.74, 6) is 0.657. The highest BCUT2D eigenvalue weighted by atomic mass is 16.5. The Hall–Kier alpha value is -1.57. The normalized spacial score (nSPS) is 15.4. The van der Waals surface area contributed by atoms with E-state index in [-0.39, 0.29) is 11.2 Å². The third kappa shape index (κ3) is 3.75. The second kappa shape index (κ2) is 6.05. The van der Waals surface area contributed by atoms with Crippen molar-refractivity contribution in [3.05, 3.63) is 46.2 Å².